The Bertz CT molecular complexity index is 336. The van der Waals surface area contributed by atoms with Crippen LogP contribution in [0.4, 0.5) is 4.39 Å². The summed E-state index contributed by atoms with van der Waals surface area (Å²) in [6.45, 7) is 3.79. The highest BCUT2D eigenvalue weighted by Crippen LogP contribution is 2.23. The van der Waals surface area contributed by atoms with Gasteiger partial charge in [-0.05, 0) is 18.9 Å². The Morgan fingerprint density at radius 1 is 1.40 bits per heavy atom. The molecule has 0 radical (unpaired) electrons. The average Bonchev–Trinajstić information content (AvgIpc) is 2.28. The third-order valence-corrected chi connectivity index (χ3v) is 2.20. The van der Waals surface area contributed by atoms with Crippen molar-refractivity contribution >= 4 is 5.97 Å². The van der Waals surface area contributed by atoms with Crippen LogP contribution in [0.2, 0.25) is 0 Å². The molecule has 0 saturated heterocycles. The number of ether oxygens (including phenoxy) is 1. The molecule has 0 spiro atoms. The number of alkyl halides is 1. The highest BCUT2D eigenvalue weighted by molar-refractivity contribution is 5.76. The van der Waals surface area contributed by atoms with E-state index in [1.165, 1.54) is 0 Å². The molecule has 0 aromatic heterocycles. The van der Waals surface area contributed by atoms with Gasteiger partial charge in [0, 0.05) is 5.56 Å². The van der Waals surface area contributed by atoms with E-state index in [1.54, 1.807) is 19.1 Å². The summed E-state index contributed by atoms with van der Waals surface area (Å²) in [6.07, 6.45) is -0.961. The number of carbonyl (C=O) groups excluding carboxylic acids is 1. The van der Waals surface area contributed by atoms with Gasteiger partial charge >= 0.3 is 5.97 Å². The molecule has 0 saturated carbocycles. The molecular weight excluding hydrogens is 195 g/mol. The van der Waals surface area contributed by atoms with Crippen LogP contribution in [0, 0.1) is 0 Å². The summed E-state index contributed by atoms with van der Waals surface area (Å²) in [4.78, 5) is 11.2. The van der Waals surface area contributed by atoms with Crippen molar-refractivity contribution in [2.24, 2.45) is 0 Å². The van der Waals surface area contributed by atoms with Crippen LogP contribution in [-0.4, -0.2) is 12.6 Å². The number of rotatable bonds is 4. The molecule has 0 heterocycles. The monoisotopic (exact) mass is 210 g/mol. The molecule has 1 rings (SSSR count). The third kappa shape index (κ3) is 2.78. The molecule has 0 bridgehead atoms. The standard InChI is InChI=1S/C12H15FO2/c1-3-9-7-5-6-8-10(9)11(13)12(14)15-4-2/h5-8,11H,3-4H2,1-2H3. The lowest BCUT2D eigenvalue weighted by Crippen LogP contribution is -2.13. The van der Waals surface area contributed by atoms with Crippen molar-refractivity contribution in [1.82, 2.24) is 0 Å². The zero-order valence-corrected chi connectivity index (χ0v) is 9.00. The molecule has 1 unspecified atom stereocenters. The number of aryl methyl sites for hydroxylation is 1. The second kappa shape index (κ2) is 5.49. The predicted octanol–water partition coefficient (Wildman–Crippen LogP) is 2.82. The lowest BCUT2D eigenvalue weighted by Gasteiger charge is -2.11. The first-order valence-electron chi connectivity index (χ1n) is 5.09. The molecule has 0 aliphatic heterocycles. The Balaban J connectivity index is 2.89. The number of benzene rings is 1. The van der Waals surface area contributed by atoms with E-state index in [0.717, 1.165) is 5.56 Å². The normalized spacial score (nSPS) is 12.2. The van der Waals surface area contributed by atoms with Gasteiger partial charge in [0.1, 0.15) is 0 Å². The van der Waals surface area contributed by atoms with Gasteiger partial charge < -0.3 is 4.74 Å². The van der Waals surface area contributed by atoms with E-state index < -0.39 is 12.1 Å². The summed E-state index contributed by atoms with van der Waals surface area (Å²) in [5.41, 5.74) is 1.26. The van der Waals surface area contributed by atoms with Gasteiger partial charge in [-0.3, -0.25) is 0 Å². The van der Waals surface area contributed by atoms with Crippen molar-refractivity contribution in [2.75, 3.05) is 6.61 Å². The van der Waals surface area contributed by atoms with Crippen LogP contribution in [0.5, 0.6) is 0 Å². The summed E-state index contributed by atoms with van der Waals surface area (Å²) < 4.78 is 18.3. The van der Waals surface area contributed by atoms with Crippen LogP contribution in [-0.2, 0) is 16.0 Å². The highest BCUT2D eigenvalue weighted by atomic mass is 19.1. The van der Waals surface area contributed by atoms with Crippen molar-refractivity contribution in [2.45, 2.75) is 26.4 Å². The zero-order chi connectivity index (χ0) is 11.3. The van der Waals surface area contributed by atoms with Crippen molar-refractivity contribution in [3.63, 3.8) is 0 Å². The van der Waals surface area contributed by atoms with Crippen LogP contribution in [0.1, 0.15) is 31.1 Å². The van der Waals surface area contributed by atoms with Crippen molar-refractivity contribution in [3.05, 3.63) is 35.4 Å². The van der Waals surface area contributed by atoms with Crippen LogP contribution >= 0.6 is 0 Å². The lowest BCUT2D eigenvalue weighted by molar-refractivity contribution is -0.149. The van der Waals surface area contributed by atoms with Crippen LogP contribution in [0.3, 0.4) is 0 Å². The fraction of sp³-hybridized carbons (Fsp3) is 0.417. The Labute approximate surface area is 89.1 Å². The number of esters is 1. The van der Waals surface area contributed by atoms with Gasteiger partial charge in [-0.15, -0.1) is 0 Å². The van der Waals surface area contributed by atoms with Crippen LogP contribution < -0.4 is 0 Å². The maximum atomic E-state index is 13.7. The summed E-state index contributed by atoms with van der Waals surface area (Å²) in [6, 6.07) is 7.00. The maximum Gasteiger partial charge on any atom is 0.345 e. The first-order valence-corrected chi connectivity index (χ1v) is 5.09. The number of carbonyl (C=O) groups is 1. The Morgan fingerprint density at radius 2 is 2.07 bits per heavy atom. The summed E-state index contributed by atoms with van der Waals surface area (Å²) in [5, 5.41) is 0. The number of hydrogen-bond donors (Lipinski definition) is 0. The minimum Gasteiger partial charge on any atom is -0.464 e. The number of hydrogen-bond acceptors (Lipinski definition) is 2. The van der Waals surface area contributed by atoms with Gasteiger partial charge in [-0.25, -0.2) is 9.18 Å². The molecule has 0 amide bonds. The molecular formula is C12H15FO2. The Hall–Kier alpha value is -1.38. The van der Waals surface area contributed by atoms with Crippen molar-refractivity contribution < 1.29 is 13.9 Å². The van der Waals surface area contributed by atoms with E-state index in [0.29, 0.717) is 12.0 Å². The molecule has 0 fully saturated rings. The fourth-order valence-electron chi connectivity index (χ4n) is 1.45. The first-order chi connectivity index (χ1) is 7.20. The van der Waals surface area contributed by atoms with Gasteiger partial charge in [-0.2, -0.15) is 0 Å². The fourth-order valence-corrected chi connectivity index (χ4v) is 1.45. The SMILES string of the molecule is CCOC(=O)C(F)c1ccccc1CC. The molecule has 0 aliphatic carbocycles. The molecule has 1 atom stereocenters. The Kier molecular flexibility index (Phi) is 4.28. The maximum absolute atomic E-state index is 13.7. The molecule has 3 heteroatoms. The lowest BCUT2D eigenvalue weighted by atomic mass is 10.0. The minimum atomic E-state index is -1.67. The summed E-state index contributed by atoms with van der Waals surface area (Å²) >= 11 is 0. The van der Waals surface area contributed by atoms with E-state index in [1.807, 2.05) is 19.1 Å². The topological polar surface area (TPSA) is 26.3 Å². The molecule has 0 aliphatic rings. The molecule has 15 heavy (non-hydrogen) atoms. The minimum absolute atomic E-state index is 0.202. The van der Waals surface area contributed by atoms with Crippen LogP contribution in [0.25, 0.3) is 0 Å². The highest BCUT2D eigenvalue weighted by Gasteiger charge is 2.22. The van der Waals surface area contributed by atoms with E-state index in [-0.39, 0.29) is 6.61 Å². The van der Waals surface area contributed by atoms with E-state index in [4.69, 9.17) is 0 Å². The largest absolute Gasteiger partial charge is 0.464 e. The van der Waals surface area contributed by atoms with E-state index >= 15 is 0 Å². The number of halogens is 1. The molecule has 1 aromatic carbocycles. The quantitative estimate of drug-likeness (QED) is 0.714. The molecule has 0 N–H and O–H groups in total. The van der Waals surface area contributed by atoms with E-state index in [9.17, 15) is 9.18 Å². The molecule has 2 nitrogen and oxygen atoms in total. The predicted molar refractivity (Wildman–Crippen MR) is 56.3 cm³/mol. The van der Waals surface area contributed by atoms with Gasteiger partial charge in [0.15, 0.2) is 0 Å². The van der Waals surface area contributed by atoms with Crippen LogP contribution in [0.15, 0.2) is 24.3 Å². The van der Waals surface area contributed by atoms with Crippen molar-refractivity contribution in [3.8, 4) is 0 Å². The van der Waals surface area contributed by atoms with Gasteiger partial charge in [-0.1, -0.05) is 31.2 Å². The van der Waals surface area contributed by atoms with Gasteiger partial charge in [0.05, 0.1) is 6.61 Å². The smallest absolute Gasteiger partial charge is 0.345 e. The molecule has 1 aromatic rings. The van der Waals surface area contributed by atoms with Gasteiger partial charge in [0.2, 0.25) is 6.17 Å². The van der Waals surface area contributed by atoms with Crippen molar-refractivity contribution in [1.29, 1.82) is 0 Å². The first kappa shape index (κ1) is 11.7. The zero-order valence-electron chi connectivity index (χ0n) is 9.00. The van der Waals surface area contributed by atoms with E-state index in [2.05, 4.69) is 4.74 Å². The Morgan fingerprint density at radius 3 is 2.67 bits per heavy atom. The summed E-state index contributed by atoms with van der Waals surface area (Å²) in [7, 11) is 0. The third-order valence-electron chi connectivity index (χ3n) is 2.20. The second-order valence-corrected chi connectivity index (χ2v) is 3.17. The van der Waals surface area contributed by atoms with Gasteiger partial charge in [0.25, 0.3) is 0 Å². The average molecular weight is 210 g/mol. The molecule has 82 valence electrons. The summed E-state index contributed by atoms with van der Waals surface area (Å²) in [5.74, 6) is -0.807. The second-order valence-electron chi connectivity index (χ2n) is 3.17.